The maximum Gasteiger partial charge on any atom is 0.244 e. The van der Waals surface area contributed by atoms with E-state index in [1.54, 1.807) is 22.5 Å². The van der Waals surface area contributed by atoms with Gasteiger partial charge in [-0.2, -0.15) is 4.31 Å². The van der Waals surface area contributed by atoms with Crippen molar-refractivity contribution in [3.05, 3.63) is 27.1 Å². The van der Waals surface area contributed by atoms with Crippen LogP contribution in [0.1, 0.15) is 26.2 Å². The SMILES string of the molecule is CCCN(C1CCCNC1)S(=O)(=O)c1ccc(Br)cc1Br. The highest BCUT2D eigenvalue weighted by atomic mass is 79.9. The third-order valence-electron chi connectivity index (χ3n) is 3.60. The maximum atomic E-state index is 13.0. The molecular weight excluding hydrogens is 420 g/mol. The standard InChI is InChI=1S/C14H20Br2N2O2S/c1-2-8-18(12-4-3-7-17-10-12)21(19,20)14-6-5-11(15)9-13(14)16/h5-6,9,12,17H,2-4,7-8,10H2,1H3. The molecular formula is C14H20Br2N2O2S. The zero-order valence-corrected chi connectivity index (χ0v) is 16.0. The molecule has 2 rings (SSSR count). The van der Waals surface area contributed by atoms with Crippen molar-refractivity contribution >= 4 is 41.9 Å². The van der Waals surface area contributed by atoms with Crippen LogP contribution in [0.2, 0.25) is 0 Å². The average Bonchev–Trinajstić information content (AvgIpc) is 2.45. The summed E-state index contributed by atoms with van der Waals surface area (Å²) in [7, 11) is -3.48. The molecule has 21 heavy (non-hydrogen) atoms. The number of sulfonamides is 1. The van der Waals surface area contributed by atoms with Crippen molar-refractivity contribution in [2.24, 2.45) is 0 Å². The Morgan fingerprint density at radius 3 is 2.71 bits per heavy atom. The van der Waals surface area contributed by atoms with Gasteiger partial charge < -0.3 is 5.32 Å². The van der Waals surface area contributed by atoms with Crippen LogP contribution in [0.15, 0.2) is 32.0 Å². The minimum Gasteiger partial charge on any atom is -0.315 e. The number of halogens is 2. The Labute approximate surface area is 143 Å². The quantitative estimate of drug-likeness (QED) is 0.765. The van der Waals surface area contributed by atoms with Gasteiger partial charge >= 0.3 is 0 Å². The summed E-state index contributed by atoms with van der Waals surface area (Å²) >= 11 is 6.73. The van der Waals surface area contributed by atoms with Gasteiger partial charge in [0.05, 0.1) is 4.90 Å². The van der Waals surface area contributed by atoms with Gasteiger partial charge in [0.25, 0.3) is 0 Å². The number of hydrogen-bond donors (Lipinski definition) is 1. The van der Waals surface area contributed by atoms with Gasteiger partial charge in [-0.25, -0.2) is 8.42 Å². The van der Waals surface area contributed by atoms with Crippen LogP contribution in [0.5, 0.6) is 0 Å². The van der Waals surface area contributed by atoms with E-state index in [9.17, 15) is 8.42 Å². The van der Waals surface area contributed by atoms with Crippen molar-refractivity contribution in [3.63, 3.8) is 0 Å². The van der Waals surface area contributed by atoms with Crippen LogP contribution in [0.4, 0.5) is 0 Å². The van der Waals surface area contributed by atoms with E-state index in [1.165, 1.54) is 0 Å². The largest absolute Gasteiger partial charge is 0.315 e. The minimum absolute atomic E-state index is 0.0410. The molecule has 1 heterocycles. The fourth-order valence-corrected chi connectivity index (χ4v) is 6.06. The van der Waals surface area contributed by atoms with Crippen LogP contribution in [0.3, 0.4) is 0 Å². The summed E-state index contributed by atoms with van der Waals surface area (Å²) in [6.45, 7) is 4.26. The lowest BCUT2D eigenvalue weighted by Gasteiger charge is -2.33. The molecule has 1 saturated heterocycles. The Morgan fingerprint density at radius 2 is 2.14 bits per heavy atom. The monoisotopic (exact) mass is 438 g/mol. The molecule has 1 aliphatic heterocycles. The topological polar surface area (TPSA) is 49.4 Å². The number of hydrogen-bond acceptors (Lipinski definition) is 3. The van der Waals surface area contributed by atoms with Crippen LogP contribution < -0.4 is 5.32 Å². The summed E-state index contributed by atoms with van der Waals surface area (Å²) in [5.74, 6) is 0. The number of nitrogens with one attached hydrogen (secondary N) is 1. The molecule has 1 fully saturated rings. The number of rotatable bonds is 5. The Bertz CT molecular complexity index is 587. The first kappa shape index (κ1) is 17.4. The first-order valence-corrected chi connectivity index (χ1v) is 10.2. The third-order valence-corrected chi connectivity index (χ3v) is 7.02. The van der Waals surface area contributed by atoms with E-state index in [2.05, 4.69) is 37.2 Å². The fraction of sp³-hybridized carbons (Fsp3) is 0.571. The third kappa shape index (κ3) is 4.07. The van der Waals surface area contributed by atoms with Gasteiger partial charge in [0.1, 0.15) is 0 Å². The highest BCUT2D eigenvalue weighted by molar-refractivity contribution is 9.11. The second kappa shape index (κ2) is 7.55. The van der Waals surface area contributed by atoms with Crippen LogP contribution in [-0.2, 0) is 10.0 Å². The van der Waals surface area contributed by atoms with Crippen molar-refractivity contribution in [2.75, 3.05) is 19.6 Å². The molecule has 0 aliphatic carbocycles. The fourth-order valence-electron chi connectivity index (χ4n) is 2.61. The van der Waals surface area contributed by atoms with Gasteiger partial charge in [-0.1, -0.05) is 22.9 Å². The van der Waals surface area contributed by atoms with E-state index in [0.717, 1.165) is 36.8 Å². The summed E-state index contributed by atoms with van der Waals surface area (Å²) in [6.07, 6.45) is 2.74. The molecule has 0 saturated carbocycles. The van der Waals surface area contributed by atoms with Gasteiger partial charge in [-0.15, -0.1) is 0 Å². The molecule has 4 nitrogen and oxygen atoms in total. The summed E-state index contributed by atoms with van der Waals surface area (Å²) < 4.78 is 29.1. The molecule has 1 unspecified atom stereocenters. The summed E-state index contributed by atoms with van der Waals surface area (Å²) in [5, 5.41) is 3.30. The highest BCUT2D eigenvalue weighted by Gasteiger charge is 2.32. The predicted octanol–water partition coefficient (Wildman–Crippen LogP) is 3.36. The zero-order valence-electron chi connectivity index (χ0n) is 12.0. The maximum absolute atomic E-state index is 13.0. The molecule has 1 N–H and O–H groups in total. The van der Waals surface area contributed by atoms with Crippen molar-refractivity contribution < 1.29 is 8.42 Å². The highest BCUT2D eigenvalue weighted by Crippen LogP contribution is 2.30. The van der Waals surface area contributed by atoms with E-state index < -0.39 is 10.0 Å². The van der Waals surface area contributed by atoms with Crippen LogP contribution in [-0.4, -0.2) is 38.4 Å². The van der Waals surface area contributed by atoms with Crippen molar-refractivity contribution in [1.82, 2.24) is 9.62 Å². The van der Waals surface area contributed by atoms with E-state index in [0.29, 0.717) is 15.9 Å². The van der Waals surface area contributed by atoms with Crippen LogP contribution >= 0.6 is 31.9 Å². The molecule has 0 spiro atoms. The zero-order chi connectivity index (χ0) is 15.5. The molecule has 1 aliphatic rings. The lowest BCUT2D eigenvalue weighted by Crippen LogP contribution is -2.48. The number of nitrogens with zero attached hydrogens (tertiary/aromatic N) is 1. The first-order valence-electron chi connectivity index (χ1n) is 7.14. The Morgan fingerprint density at radius 1 is 1.38 bits per heavy atom. The molecule has 1 aromatic carbocycles. The van der Waals surface area contributed by atoms with Crippen LogP contribution in [0, 0.1) is 0 Å². The second-order valence-electron chi connectivity index (χ2n) is 5.19. The van der Waals surface area contributed by atoms with E-state index in [1.807, 2.05) is 6.92 Å². The van der Waals surface area contributed by atoms with E-state index in [-0.39, 0.29) is 6.04 Å². The average molecular weight is 440 g/mol. The van der Waals surface area contributed by atoms with Crippen LogP contribution in [0.25, 0.3) is 0 Å². The Hall–Kier alpha value is 0.0500. The molecule has 0 radical (unpaired) electrons. The summed E-state index contributed by atoms with van der Waals surface area (Å²) in [6, 6.07) is 5.23. The molecule has 0 amide bonds. The second-order valence-corrected chi connectivity index (χ2v) is 8.82. The van der Waals surface area contributed by atoms with Gasteiger partial charge in [0.15, 0.2) is 0 Å². The summed E-state index contributed by atoms with van der Waals surface area (Å²) in [4.78, 5) is 0.338. The molecule has 1 atom stereocenters. The number of benzene rings is 1. The van der Waals surface area contributed by atoms with E-state index in [4.69, 9.17) is 0 Å². The Balaban J connectivity index is 2.36. The smallest absolute Gasteiger partial charge is 0.244 e. The normalized spacial score (nSPS) is 19.9. The van der Waals surface area contributed by atoms with Gasteiger partial charge in [-0.3, -0.25) is 0 Å². The summed E-state index contributed by atoms with van der Waals surface area (Å²) in [5.41, 5.74) is 0. The van der Waals surface area contributed by atoms with Crippen molar-refractivity contribution in [2.45, 2.75) is 37.1 Å². The number of piperidine rings is 1. The molecule has 0 bridgehead atoms. The minimum atomic E-state index is -3.48. The van der Waals surface area contributed by atoms with Gasteiger partial charge in [-0.05, 0) is 59.9 Å². The Kier molecular flexibility index (Phi) is 6.25. The first-order chi connectivity index (χ1) is 9.96. The van der Waals surface area contributed by atoms with Gasteiger partial charge in [0, 0.05) is 28.1 Å². The van der Waals surface area contributed by atoms with Crippen molar-refractivity contribution in [1.29, 1.82) is 0 Å². The molecule has 0 aromatic heterocycles. The van der Waals surface area contributed by atoms with E-state index >= 15 is 0 Å². The molecule has 1 aromatic rings. The predicted molar refractivity (Wildman–Crippen MR) is 91.9 cm³/mol. The lowest BCUT2D eigenvalue weighted by molar-refractivity contribution is 0.266. The van der Waals surface area contributed by atoms with Crippen molar-refractivity contribution in [3.8, 4) is 0 Å². The molecule has 7 heteroatoms. The lowest BCUT2D eigenvalue weighted by atomic mass is 10.1. The molecule has 118 valence electrons. The van der Waals surface area contributed by atoms with Gasteiger partial charge in [0.2, 0.25) is 10.0 Å².